The molecular formula is C16H16N2O5S. The summed E-state index contributed by atoms with van der Waals surface area (Å²) < 4.78 is 11.0. The molecule has 7 nitrogen and oxygen atoms in total. The third kappa shape index (κ3) is 3.05. The molecule has 1 amide bonds. The van der Waals surface area contributed by atoms with Gasteiger partial charge >= 0.3 is 5.97 Å². The topological polar surface area (TPSA) is 89.0 Å². The number of carbonyl (C=O) groups excluding carboxylic acids is 1. The highest BCUT2D eigenvalue weighted by molar-refractivity contribution is 7.13. The molecule has 0 bridgehead atoms. The Morgan fingerprint density at radius 2 is 2.00 bits per heavy atom. The maximum absolute atomic E-state index is 12.3. The van der Waals surface area contributed by atoms with Gasteiger partial charge in [0.05, 0.1) is 0 Å². The smallest absolute Gasteiger partial charge is 0.326 e. The zero-order valence-electron chi connectivity index (χ0n) is 13.2. The average Bonchev–Trinajstić information content (AvgIpc) is 3.09. The number of carbonyl (C=O) groups is 2. The van der Waals surface area contributed by atoms with E-state index < -0.39 is 17.9 Å². The fourth-order valence-corrected chi connectivity index (χ4v) is 2.99. The maximum atomic E-state index is 12.3. The Labute approximate surface area is 142 Å². The second-order valence-electron chi connectivity index (χ2n) is 5.33. The van der Waals surface area contributed by atoms with Crippen LogP contribution in [0.5, 0.6) is 11.5 Å². The fraction of sp³-hybridized carbons (Fsp3) is 0.312. The van der Waals surface area contributed by atoms with Crippen molar-refractivity contribution in [2.24, 2.45) is 0 Å². The van der Waals surface area contributed by atoms with E-state index in [9.17, 15) is 9.59 Å². The van der Waals surface area contributed by atoms with Crippen LogP contribution in [-0.4, -0.2) is 53.2 Å². The Bertz CT molecular complexity index is 789. The number of rotatable bonds is 4. The molecule has 126 valence electrons. The van der Waals surface area contributed by atoms with Crippen LogP contribution >= 0.6 is 11.3 Å². The van der Waals surface area contributed by atoms with E-state index in [1.54, 1.807) is 5.38 Å². The highest BCUT2D eigenvalue weighted by Gasteiger charge is 2.25. The molecule has 0 saturated carbocycles. The number of thiazole rings is 1. The number of benzene rings is 1. The van der Waals surface area contributed by atoms with Crippen LogP contribution in [0.1, 0.15) is 17.4 Å². The third-order valence-electron chi connectivity index (χ3n) is 3.77. The van der Waals surface area contributed by atoms with Crippen LogP contribution < -0.4 is 9.47 Å². The molecule has 1 aliphatic rings. The first-order valence-corrected chi connectivity index (χ1v) is 8.21. The number of hydrogen-bond donors (Lipinski definition) is 1. The Hall–Kier alpha value is -2.61. The van der Waals surface area contributed by atoms with Gasteiger partial charge in [-0.05, 0) is 25.1 Å². The molecular weight excluding hydrogens is 332 g/mol. The van der Waals surface area contributed by atoms with E-state index in [4.69, 9.17) is 14.6 Å². The molecule has 1 atom stereocenters. The summed E-state index contributed by atoms with van der Waals surface area (Å²) in [5.41, 5.74) is 1.04. The molecule has 0 radical (unpaired) electrons. The minimum Gasteiger partial charge on any atom is -0.486 e. The predicted octanol–water partition coefficient (Wildman–Crippen LogP) is 2.13. The van der Waals surface area contributed by atoms with Crippen LogP contribution in [0.15, 0.2) is 23.6 Å². The van der Waals surface area contributed by atoms with Gasteiger partial charge in [0, 0.05) is 18.0 Å². The van der Waals surface area contributed by atoms with Crippen LogP contribution in [0.4, 0.5) is 0 Å². The number of hydrogen-bond acceptors (Lipinski definition) is 6. The number of nitrogens with zero attached hydrogens (tertiary/aromatic N) is 2. The van der Waals surface area contributed by atoms with Crippen LogP contribution in [0.2, 0.25) is 0 Å². The zero-order chi connectivity index (χ0) is 17.3. The minimum atomic E-state index is -1.06. The summed E-state index contributed by atoms with van der Waals surface area (Å²) >= 11 is 1.32. The molecule has 0 aliphatic carbocycles. The van der Waals surface area contributed by atoms with Crippen molar-refractivity contribution in [2.75, 3.05) is 20.3 Å². The zero-order valence-corrected chi connectivity index (χ0v) is 14.0. The Morgan fingerprint density at radius 1 is 1.29 bits per heavy atom. The lowest BCUT2D eigenvalue weighted by Crippen LogP contribution is -2.40. The van der Waals surface area contributed by atoms with Gasteiger partial charge in [-0.2, -0.15) is 0 Å². The van der Waals surface area contributed by atoms with Crippen molar-refractivity contribution in [1.82, 2.24) is 9.88 Å². The van der Waals surface area contributed by atoms with Gasteiger partial charge < -0.3 is 19.5 Å². The van der Waals surface area contributed by atoms with Crippen LogP contribution in [0.3, 0.4) is 0 Å². The molecule has 1 aromatic heterocycles. The molecule has 0 spiro atoms. The van der Waals surface area contributed by atoms with Gasteiger partial charge in [0.25, 0.3) is 5.91 Å². The van der Waals surface area contributed by atoms with Gasteiger partial charge in [-0.3, -0.25) is 4.79 Å². The SMILES string of the molecule is CC(C(=O)O)N(C)C(=O)c1csc(-c2ccc3c(c2)OCCO3)n1. The van der Waals surface area contributed by atoms with E-state index in [1.165, 1.54) is 25.3 Å². The lowest BCUT2D eigenvalue weighted by atomic mass is 10.2. The van der Waals surface area contributed by atoms with Gasteiger partial charge in [0.15, 0.2) is 11.5 Å². The van der Waals surface area contributed by atoms with Gasteiger partial charge in [-0.25, -0.2) is 9.78 Å². The second-order valence-corrected chi connectivity index (χ2v) is 6.18. The Morgan fingerprint density at radius 3 is 2.71 bits per heavy atom. The van der Waals surface area contributed by atoms with Crippen molar-refractivity contribution in [2.45, 2.75) is 13.0 Å². The molecule has 8 heteroatoms. The van der Waals surface area contributed by atoms with Crippen molar-refractivity contribution in [1.29, 1.82) is 0 Å². The molecule has 3 rings (SSSR count). The number of carboxylic acids is 1. The van der Waals surface area contributed by atoms with E-state index >= 15 is 0 Å². The first-order chi connectivity index (χ1) is 11.5. The molecule has 1 aromatic carbocycles. The van der Waals surface area contributed by atoms with Crippen LogP contribution in [-0.2, 0) is 4.79 Å². The number of ether oxygens (including phenoxy) is 2. The van der Waals surface area contributed by atoms with Crippen molar-refractivity contribution in [3.63, 3.8) is 0 Å². The van der Waals surface area contributed by atoms with E-state index in [0.29, 0.717) is 29.7 Å². The number of carboxylic acid groups (broad SMARTS) is 1. The summed E-state index contributed by atoms with van der Waals surface area (Å²) in [6.07, 6.45) is 0. The molecule has 1 aliphatic heterocycles. The molecule has 0 saturated heterocycles. The number of fused-ring (bicyclic) bond motifs is 1. The van der Waals surface area contributed by atoms with Crippen molar-refractivity contribution in [3.05, 3.63) is 29.3 Å². The van der Waals surface area contributed by atoms with E-state index in [-0.39, 0.29) is 5.69 Å². The average molecular weight is 348 g/mol. The first-order valence-electron chi connectivity index (χ1n) is 7.33. The second kappa shape index (κ2) is 6.48. The number of likely N-dealkylation sites (N-methyl/N-ethyl adjacent to an activating group) is 1. The Kier molecular flexibility index (Phi) is 4.39. The van der Waals surface area contributed by atoms with Gasteiger partial charge in [-0.15, -0.1) is 11.3 Å². The molecule has 24 heavy (non-hydrogen) atoms. The molecule has 0 fully saturated rings. The van der Waals surface area contributed by atoms with Gasteiger partial charge in [0.2, 0.25) is 0 Å². The fourth-order valence-electron chi connectivity index (χ4n) is 2.20. The molecule has 1 N–H and O–H groups in total. The largest absolute Gasteiger partial charge is 0.486 e. The van der Waals surface area contributed by atoms with E-state index in [0.717, 1.165) is 10.5 Å². The molecule has 1 unspecified atom stereocenters. The molecule has 2 aromatic rings. The quantitative estimate of drug-likeness (QED) is 0.910. The first kappa shape index (κ1) is 16.3. The van der Waals surface area contributed by atoms with Crippen molar-refractivity contribution < 1.29 is 24.2 Å². The summed E-state index contributed by atoms with van der Waals surface area (Å²) in [5, 5.41) is 11.3. The monoisotopic (exact) mass is 348 g/mol. The van der Waals surface area contributed by atoms with Crippen LogP contribution in [0, 0.1) is 0 Å². The minimum absolute atomic E-state index is 0.223. The standard InChI is InChI=1S/C16H16N2O5S/c1-9(16(20)21)18(2)15(19)11-8-24-14(17-11)10-3-4-12-13(7-10)23-6-5-22-12/h3-4,7-9H,5-6H2,1-2H3,(H,20,21). The highest BCUT2D eigenvalue weighted by Crippen LogP contribution is 2.35. The summed E-state index contributed by atoms with van der Waals surface area (Å²) in [7, 11) is 1.45. The van der Waals surface area contributed by atoms with Crippen molar-refractivity contribution >= 4 is 23.2 Å². The number of aliphatic carboxylic acids is 1. The van der Waals surface area contributed by atoms with E-state index in [2.05, 4.69) is 4.98 Å². The number of aromatic nitrogens is 1. The van der Waals surface area contributed by atoms with Crippen molar-refractivity contribution in [3.8, 4) is 22.1 Å². The summed E-state index contributed by atoms with van der Waals surface area (Å²) in [6.45, 7) is 2.47. The summed E-state index contributed by atoms with van der Waals surface area (Å²) in [5.74, 6) is -0.149. The van der Waals surface area contributed by atoms with E-state index in [1.807, 2.05) is 18.2 Å². The third-order valence-corrected chi connectivity index (χ3v) is 4.66. The normalized spacial score (nSPS) is 14.1. The number of amides is 1. The molecule has 2 heterocycles. The highest BCUT2D eigenvalue weighted by atomic mass is 32.1. The summed E-state index contributed by atoms with van der Waals surface area (Å²) in [4.78, 5) is 28.8. The van der Waals surface area contributed by atoms with Gasteiger partial charge in [0.1, 0.15) is 30.0 Å². The Balaban J connectivity index is 1.83. The lowest BCUT2D eigenvalue weighted by molar-refractivity contribution is -0.141. The van der Waals surface area contributed by atoms with Crippen LogP contribution in [0.25, 0.3) is 10.6 Å². The predicted molar refractivity (Wildman–Crippen MR) is 87.7 cm³/mol. The lowest BCUT2D eigenvalue weighted by Gasteiger charge is -2.20. The summed E-state index contributed by atoms with van der Waals surface area (Å²) in [6, 6.07) is 4.57. The maximum Gasteiger partial charge on any atom is 0.326 e. The van der Waals surface area contributed by atoms with Gasteiger partial charge in [-0.1, -0.05) is 0 Å².